The Morgan fingerprint density at radius 1 is 0.684 bits per heavy atom. The Balaban J connectivity index is 2.09. The van der Waals surface area contributed by atoms with Crippen molar-refractivity contribution in [2.24, 2.45) is 0 Å². The fourth-order valence-corrected chi connectivity index (χ4v) is 3.27. The average Bonchev–Trinajstić information content (AvgIpc) is 2.76. The predicted molar refractivity (Wildman–Crippen MR) is 77.0 cm³/mol. The molecule has 1 aliphatic rings. The third-order valence-corrected chi connectivity index (χ3v) is 4.27. The van der Waals surface area contributed by atoms with Crippen LogP contribution in [0.25, 0.3) is 0 Å². The normalized spacial score (nSPS) is 18.7. The maximum Gasteiger partial charge on any atom is 0.0547 e. The summed E-state index contributed by atoms with van der Waals surface area (Å²) in [6, 6.07) is 12.5. The highest BCUT2D eigenvalue weighted by Crippen LogP contribution is 2.41. The van der Waals surface area contributed by atoms with Crippen molar-refractivity contribution in [3.8, 4) is 0 Å². The second kappa shape index (κ2) is 5.52. The van der Waals surface area contributed by atoms with E-state index in [1.807, 2.05) is 24.5 Å². The van der Waals surface area contributed by atoms with Crippen LogP contribution in [0.3, 0.4) is 0 Å². The van der Waals surface area contributed by atoms with Gasteiger partial charge in [-0.15, -0.1) is 0 Å². The first-order valence-electron chi connectivity index (χ1n) is 7.25. The summed E-state index contributed by atoms with van der Waals surface area (Å²) in [6.07, 6.45) is 11.4. The molecular formula is C17H20N2. The third-order valence-electron chi connectivity index (χ3n) is 4.27. The Morgan fingerprint density at radius 2 is 1.21 bits per heavy atom. The lowest BCUT2D eigenvalue weighted by molar-refractivity contribution is 0.422. The van der Waals surface area contributed by atoms with Gasteiger partial charge in [-0.3, -0.25) is 9.97 Å². The van der Waals surface area contributed by atoms with Crippen LogP contribution >= 0.6 is 0 Å². The minimum absolute atomic E-state index is 0.0268. The highest BCUT2D eigenvalue weighted by atomic mass is 14.8. The summed E-state index contributed by atoms with van der Waals surface area (Å²) in [7, 11) is 0. The molecule has 0 saturated heterocycles. The van der Waals surface area contributed by atoms with Gasteiger partial charge >= 0.3 is 0 Å². The zero-order valence-electron chi connectivity index (χ0n) is 11.3. The van der Waals surface area contributed by atoms with Crippen molar-refractivity contribution in [2.75, 3.05) is 0 Å². The van der Waals surface area contributed by atoms with Gasteiger partial charge in [0.05, 0.1) is 16.8 Å². The van der Waals surface area contributed by atoms with Crippen molar-refractivity contribution in [3.05, 3.63) is 60.2 Å². The summed E-state index contributed by atoms with van der Waals surface area (Å²) in [5.74, 6) is 0. The van der Waals surface area contributed by atoms with Gasteiger partial charge < -0.3 is 0 Å². The maximum atomic E-state index is 4.65. The molecule has 2 aromatic heterocycles. The second-order valence-electron chi connectivity index (χ2n) is 5.43. The number of aromatic nitrogens is 2. The fourth-order valence-electron chi connectivity index (χ4n) is 3.27. The van der Waals surface area contributed by atoms with E-state index in [0.717, 1.165) is 0 Å². The summed E-state index contributed by atoms with van der Waals surface area (Å²) in [5.41, 5.74) is 2.41. The molecule has 2 aromatic rings. The quantitative estimate of drug-likeness (QED) is 0.751. The van der Waals surface area contributed by atoms with E-state index < -0.39 is 0 Å². The lowest BCUT2D eigenvalue weighted by atomic mass is 9.74. The number of hydrogen-bond acceptors (Lipinski definition) is 2. The smallest absolute Gasteiger partial charge is 0.0547 e. The summed E-state index contributed by atoms with van der Waals surface area (Å²) in [6.45, 7) is 0. The fraction of sp³-hybridized carbons (Fsp3) is 0.412. The molecule has 2 nitrogen and oxygen atoms in total. The van der Waals surface area contributed by atoms with E-state index in [1.54, 1.807) is 0 Å². The summed E-state index contributed by atoms with van der Waals surface area (Å²) in [5, 5.41) is 0. The molecule has 2 heterocycles. The van der Waals surface area contributed by atoms with Crippen LogP contribution in [-0.2, 0) is 5.41 Å². The monoisotopic (exact) mass is 252 g/mol. The SMILES string of the molecule is c1ccc(C2(c3ccccn3)CCCCCC2)nc1. The molecule has 0 bridgehead atoms. The van der Waals surface area contributed by atoms with Gasteiger partial charge in [0, 0.05) is 12.4 Å². The molecule has 0 N–H and O–H groups in total. The zero-order chi connectivity index (χ0) is 13.0. The van der Waals surface area contributed by atoms with E-state index in [2.05, 4.69) is 34.2 Å². The van der Waals surface area contributed by atoms with E-state index in [4.69, 9.17) is 0 Å². The van der Waals surface area contributed by atoms with E-state index >= 15 is 0 Å². The highest BCUT2D eigenvalue weighted by molar-refractivity contribution is 5.31. The molecule has 0 aromatic carbocycles. The molecular weight excluding hydrogens is 232 g/mol. The average molecular weight is 252 g/mol. The standard InChI is InChI=1S/C17H20N2/c1-2-6-12-17(11-5-1,15-9-3-7-13-18-15)16-10-4-8-14-19-16/h3-4,7-10,13-14H,1-2,5-6,11-12H2. The van der Waals surface area contributed by atoms with Crippen molar-refractivity contribution < 1.29 is 0 Å². The first-order valence-corrected chi connectivity index (χ1v) is 7.25. The van der Waals surface area contributed by atoms with Crippen molar-refractivity contribution in [1.82, 2.24) is 9.97 Å². The Kier molecular flexibility index (Phi) is 3.58. The number of nitrogens with zero attached hydrogens (tertiary/aromatic N) is 2. The van der Waals surface area contributed by atoms with Gasteiger partial charge in [-0.2, -0.15) is 0 Å². The molecule has 0 atom stereocenters. The Morgan fingerprint density at radius 3 is 1.63 bits per heavy atom. The molecule has 0 aliphatic heterocycles. The number of hydrogen-bond donors (Lipinski definition) is 0. The van der Waals surface area contributed by atoms with Crippen LogP contribution in [0, 0.1) is 0 Å². The van der Waals surface area contributed by atoms with Gasteiger partial charge in [0.1, 0.15) is 0 Å². The van der Waals surface area contributed by atoms with E-state index in [-0.39, 0.29) is 5.41 Å². The first kappa shape index (κ1) is 12.3. The Hall–Kier alpha value is -1.70. The Bertz CT molecular complexity index is 458. The molecule has 0 spiro atoms. The molecule has 0 unspecified atom stereocenters. The molecule has 1 aliphatic carbocycles. The second-order valence-corrected chi connectivity index (χ2v) is 5.43. The minimum atomic E-state index is 0.0268. The van der Waals surface area contributed by atoms with E-state index in [0.29, 0.717) is 0 Å². The summed E-state index contributed by atoms with van der Waals surface area (Å²) in [4.78, 5) is 9.31. The molecule has 0 radical (unpaired) electrons. The van der Waals surface area contributed by atoms with Crippen molar-refractivity contribution in [3.63, 3.8) is 0 Å². The Labute approximate surface area is 114 Å². The largest absolute Gasteiger partial charge is 0.260 e. The van der Waals surface area contributed by atoms with Crippen LogP contribution < -0.4 is 0 Å². The molecule has 98 valence electrons. The number of rotatable bonds is 2. The van der Waals surface area contributed by atoms with E-state index in [9.17, 15) is 0 Å². The van der Waals surface area contributed by atoms with Crippen LogP contribution in [0.4, 0.5) is 0 Å². The topological polar surface area (TPSA) is 25.8 Å². The minimum Gasteiger partial charge on any atom is -0.260 e. The van der Waals surface area contributed by atoms with Crippen LogP contribution in [0.2, 0.25) is 0 Å². The van der Waals surface area contributed by atoms with Gasteiger partial charge in [-0.1, -0.05) is 37.8 Å². The molecule has 19 heavy (non-hydrogen) atoms. The van der Waals surface area contributed by atoms with Gasteiger partial charge in [0.15, 0.2) is 0 Å². The van der Waals surface area contributed by atoms with Gasteiger partial charge in [-0.05, 0) is 37.1 Å². The lowest BCUT2D eigenvalue weighted by Gasteiger charge is -2.31. The van der Waals surface area contributed by atoms with Crippen LogP contribution in [-0.4, -0.2) is 9.97 Å². The van der Waals surface area contributed by atoms with Crippen molar-refractivity contribution in [1.29, 1.82) is 0 Å². The van der Waals surface area contributed by atoms with Crippen LogP contribution in [0.15, 0.2) is 48.8 Å². The van der Waals surface area contributed by atoms with Crippen LogP contribution in [0.5, 0.6) is 0 Å². The molecule has 3 rings (SSSR count). The lowest BCUT2D eigenvalue weighted by Crippen LogP contribution is -2.29. The highest BCUT2D eigenvalue weighted by Gasteiger charge is 2.36. The molecule has 1 fully saturated rings. The van der Waals surface area contributed by atoms with Crippen LogP contribution in [0.1, 0.15) is 49.9 Å². The molecule has 0 amide bonds. The maximum absolute atomic E-state index is 4.65. The number of pyridine rings is 2. The van der Waals surface area contributed by atoms with Gasteiger partial charge in [0.2, 0.25) is 0 Å². The first-order chi connectivity index (χ1) is 9.42. The van der Waals surface area contributed by atoms with Gasteiger partial charge in [-0.25, -0.2) is 0 Å². The zero-order valence-corrected chi connectivity index (χ0v) is 11.3. The molecule has 2 heteroatoms. The van der Waals surface area contributed by atoms with Gasteiger partial charge in [0.25, 0.3) is 0 Å². The third kappa shape index (κ3) is 2.40. The predicted octanol–water partition coefficient (Wildman–Crippen LogP) is 4.12. The van der Waals surface area contributed by atoms with Crippen molar-refractivity contribution >= 4 is 0 Å². The molecule has 1 saturated carbocycles. The summed E-state index contributed by atoms with van der Waals surface area (Å²) < 4.78 is 0. The van der Waals surface area contributed by atoms with E-state index in [1.165, 1.54) is 49.9 Å². The van der Waals surface area contributed by atoms with Crippen molar-refractivity contribution in [2.45, 2.75) is 43.9 Å². The summed E-state index contributed by atoms with van der Waals surface area (Å²) >= 11 is 0.